The molecule has 0 spiro atoms. The Labute approximate surface area is 191 Å². The Morgan fingerprint density at radius 2 is 2.16 bits per heavy atom. The number of nitrogens with zero attached hydrogens (tertiary/aromatic N) is 3. The van der Waals surface area contributed by atoms with E-state index >= 15 is 0 Å². The summed E-state index contributed by atoms with van der Waals surface area (Å²) in [6.45, 7) is 0. The van der Waals surface area contributed by atoms with E-state index in [4.69, 9.17) is 34.3 Å². The quantitative estimate of drug-likeness (QED) is 0.348. The predicted octanol–water partition coefficient (Wildman–Crippen LogP) is 5.15. The molecule has 0 atom stereocenters. The highest BCUT2D eigenvalue weighted by Crippen LogP contribution is 2.44. The Morgan fingerprint density at radius 1 is 1.39 bits per heavy atom. The number of amidine groups is 1. The van der Waals surface area contributed by atoms with Gasteiger partial charge in [-0.3, -0.25) is 10.7 Å². The number of thiophene rings is 1. The van der Waals surface area contributed by atoms with Crippen LogP contribution in [-0.2, 0) is 4.74 Å². The first kappa shape index (κ1) is 22.2. The van der Waals surface area contributed by atoms with Gasteiger partial charge in [-0.2, -0.15) is 5.26 Å². The normalized spacial score (nSPS) is 11.0. The molecule has 0 fully saturated rings. The zero-order chi connectivity index (χ0) is 22.5. The van der Waals surface area contributed by atoms with Crippen LogP contribution in [0.1, 0.15) is 10.4 Å². The highest BCUT2D eigenvalue weighted by Gasteiger charge is 2.24. The second-order valence-corrected chi connectivity index (χ2v) is 7.80. The summed E-state index contributed by atoms with van der Waals surface area (Å²) >= 11 is 13.6. The zero-order valence-electron chi connectivity index (χ0n) is 15.9. The van der Waals surface area contributed by atoms with Gasteiger partial charge in [0.15, 0.2) is 0 Å². The van der Waals surface area contributed by atoms with Crippen LogP contribution >= 0.6 is 34.5 Å². The summed E-state index contributed by atoms with van der Waals surface area (Å²) in [5.74, 6) is 0.307. The average Bonchev–Trinajstić information content (AvgIpc) is 3.13. The first-order chi connectivity index (χ1) is 14.9. The van der Waals surface area contributed by atoms with Crippen LogP contribution in [0.15, 0.2) is 41.5 Å². The van der Waals surface area contributed by atoms with E-state index in [0.29, 0.717) is 42.1 Å². The molecule has 2 heterocycles. The van der Waals surface area contributed by atoms with Crippen molar-refractivity contribution in [1.29, 1.82) is 10.7 Å². The van der Waals surface area contributed by atoms with E-state index < -0.39 is 6.09 Å². The molecule has 3 aromatic rings. The molecule has 31 heavy (non-hydrogen) atoms. The van der Waals surface area contributed by atoms with Crippen molar-refractivity contribution in [3.05, 3.63) is 57.0 Å². The van der Waals surface area contributed by atoms with Gasteiger partial charge in [-0.15, -0.1) is 11.3 Å². The van der Waals surface area contributed by atoms with Crippen molar-refractivity contribution in [3.63, 3.8) is 0 Å². The van der Waals surface area contributed by atoms with Gasteiger partial charge >= 0.3 is 6.09 Å². The lowest BCUT2D eigenvalue weighted by atomic mass is 9.98. The summed E-state index contributed by atoms with van der Waals surface area (Å²) in [7, 11) is 1.24. The molecule has 1 aromatic carbocycles. The van der Waals surface area contributed by atoms with Crippen molar-refractivity contribution in [2.75, 3.05) is 12.4 Å². The Morgan fingerprint density at radius 3 is 2.81 bits per heavy atom. The number of hydrogen-bond donors (Lipinski definition) is 3. The van der Waals surface area contributed by atoms with Crippen molar-refractivity contribution in [2.24, 2.45) is 10.7 Å². The number of rotatable bonds is 5. The number of benzene rings is 1. The van der Waals surface area contributed by atoms with Gasteiger partial charge in [0.2, 0.25) is 0 Å². The maximum absolute atomic E-state index is 11.5. The number of ether oxygens (including phenoxy) is 1. The van der Waals surface area contributed by atoms with E-state index in [1.54, 1.807) is 30.3 Å². The number of aliphatic imine (C=N–C) groups is 1. The summed E-state index contributed by atoms with van der Waals surface area (Å²) in [4.78, 5) is 20.5. The van der Waals surface area contributed by atoms with Crippen LogP contribution in [0.3, 0.4) is 0 Å². The fourth-order valence-electron chi connectivity index (χ4n) is 2.79. The molecule has 11 heteroatoms. The molecule has 0 aliphatic heterocycles. The number of aromatic nitrogens is 1. The first-order valence-corrected chi connectivity index (χ1v) is 10.1. The van der Waals surface area contributed by atoms with Gasteiger partial charge < -0.3 is 10.5 Å². The van der Waals surface area contributed by atoms with Gasteiger partial charge in [-0.25, -0.2) is 14.8 Å². The third-order valence-corrected chi connectivity index (χ3v) is 5.90. The lowest BCUT2D eigenvalue weighted by molar-refractivity contribution is 0.187. The predicted molar refractivity (Wildman–Crippen MR) is 123 cm³/mol. The standard InChI is InChI=1S/C20H14Cl2N6O2S/c1-30-20(29)28-15-6-10(4-5-26-15)17-13(8-23)16(18(31-17)19(25)27-9-24)12-3-2-11(21)7-14(12)22/h2-7,9H,1H3,(H3,24,25,27)(H,26,28,29). The number of nitriles is 1. The number of amides is 1. The number of halogens is 2. The maximum Gasteiger partial charge on any atom is 0.412 e. The molecular formula is C20H14Cl2N6O2S. The Bertz CT molecular complexity index is 1250. The number of pyridine rings is 1. The van der Waals surface area contributed by atoms with E-state index in [0.717, 1.165) is 6.34 Å². The molecule has 0 aliphatic carbocycles. The average molecular weight is 473 g/mol. The van der Waals surface area contributed by atoms with Crippen LogP contribution in [0.5, 0.6) is 0 Å². The molecule has 0 saturated heterocycles. The molecule has 2 aromatic heterocycles. The maximum atomic E-state index is 11.5. The molecule has 1 amide bonds. The first-order valence-electron chi connectivity index (χ1n) is 8.55. The molecule has 4 N–H and O–H groups in total. The third-order valence-electron chi connectivity index (χ3n) is 4.09. The largest absolute Gasteiger partial charge is 0.453 e. The Hall–Kier alpha value is -3.45. The second kappa shape index (κ2) is 9.57. The van der Waals surface area contributed by atoms with Crippen LogP contribution in [0, 0.1) is 16.7 Å². The monoisotopic (exact) mass is 472 g/mol. The summed E-state index contributed by atoms with van der Waals surface area (Å²) in [6.07, 6.45) is 1.64. The third kappa shape index (κ3) is 4.67. The van der Waals surface area contributed by atoms with E-state index in [9.17, 15) is 10.1 Å². The van der Waals surface area contributed by atoms with E-state index in [2.05, 4.69) is 26.1 Å². The zero-order valence-corrected chi connectivity index (χ0v) is 18.3. The van der Waals surface area contributed by atoms with Crippen LogP contribution < -0.4 is 11.1 Å². The number of carbonyl (C=O) groups is 1. The van der Waals surface area contributed by atoms with Crippen molar-refractivity contribution in [1.82, 2.24) is 4.98 Å². The number of anilines is 1. The Balaban J connectivity index is 2.27. The van der Waals surface area contributed by atoms with Gasteiger partial charge in [-0.05, 0) is 29.8 Å². The second-order valence-electron chi connectivity index (χ2n) is 5.94. The molecule has 156 valence electrons. The smallest absolute Gasteiger partial charge is 0.412 e. The molecular weight excluding hydrogens is 459 g/mol. The van der Waals surface area contributed by atoms with Crippen molar-refractivity contribution in [3.8, 4) is 27.6 Å². The lowest BCUT2D eigenvalue weighted by Crippen LogP contribution is -2.12. The van der Waals surface area contributed by atoms with Gasteiger partial charge in [0.05, 0.1) is 22.4 Å². The van der Waals surface area contributed by atoms with Crippen LogP contribution in [0.2, 0.25) is 10.0 Å². The van der Waals surface area contributed by atoms with E-state index in [1.807, 2.05) is 0 Å². The lowest BCUT2D eigenvalue weighted by Gasteiger charge is -2.08. The van der Waals surface area contributed by atoms with Crippen molar-refractivity contribution < 1.29 is 9.53 Å². The molecule has 8 nitrogen and oxygen atoms in total. The van der Waals surface area contributed by atoms with Crippen LogP contribution in [0.4, 0.5) is 10.6 Å². The molecule has 3 rings (SSSR count). The highest BCUT2D eigenvalue weighted by molar-refractivity contribution is 7.18. The Kier molecular flexibility index (Phi) is 6.87. The SMILES string of the molecule is COC(=O)Nc1cc(-c2sc(C(N)=NC=N)c(-c3ccc(Cl)cc3Cl)c2C#N)ccn1. The summed E-state index contributed by atoms with van der Waals surface area (Å²) in [6, 6.07) is 10.4. The minimum Gasteiger partial charge on any atom is -0.453 e. The number of nitrogens with two attached hydrogens (primary N) is 1. The number of carbonyl (C=O) groups excluding carboxylic acids is 1. The molecule has 0 unspecified atom stereocenters. The fraction of sp³-hybridized carbons (Fsp3) is 0.0500. The highest BCUT2D eigenvalue weighted by atomic mass is 35.5. The summed E-state index contributed by atoms with van der Waals surface area (Å²) in [5.41, 5.74) is 8.04. The molecule has 0 aliphatic rings. The topological polar surface area (TPSA) is 137 Å². The minimum atomic E-state index is -0.673. The number of hydrogen-bond acceptors (Lipinski definition) is 6. The van der Waals surface area contributed by atoms with Crippen LogP contribution in [0.25, 0.3) is 21.6 Å². The summed E-state index contributed by atoms with van der Waals surface area (Å²) in [5, 5.41) is 20.5. The molecule has 0 saturated carbocycles. The minimum absolute atomic E-state index is 0.0609. The fourth-order valence-corrected chi connectivity index (χ4v) is 4.47. The van der Waals surface area contributed by atoms with Crippen molar-refractivity contribution >= 4 is 58.6 Å². The number of nitrogens with one attached hydrogen (secondary N) is 2. The molecule has 0 bridgehead atoms. The van der Waals surface area contributed by atoms with E-state index in [1.165, 1.54) is 24.6 Å². The van der Waals surface area contributed by atoms with Gasteiger partial charge in [0.1, 0.15) is 24.1 Å². The summed E-state index contributed by atoms with van der Waals surface area (Å²) < 4.78 is 4.59. The van der Waals surface area contributed by atoms with E-state index in [-0.39, 0.29) is 11.7 Å². The van der Waals surface area contributed by atoms with Crippen molar-refractivity contribution in [2.45, 2.75) is 0 Å². The molecule has 0 radical (unpaired) electrons. The van der Waals surface area contributed by atoms with Crippen LogP contribution in [-0.4, -0.2) is 30.4 Å². The number of methoxy groups -OCH3 is 1. The van der Waals surface area contributed by atoms with Gasteiger partial charge in [-0.1, -0.05) is 29.3 Å². The van der Waals surface area contributed by atoms with Gasteiger partial charge in [0.25, 0.3) is 0 Å². The van der Waals surface area contributed by atoms with Gasteiger partial charge in [0, 0.05) is 27.4 Å².